The second kappa shape index (κ2) is 9.90. The fourth-order valence-electron chi connectivity index (χ4n) is 4.09. The van der Waals surface area contributed by atoms with Crippen molar-refractivity contribution in [3.8, 4) is 0 Å². The summed E-state index contributed by atoms with van der Waals surface area (Å²) in [6, 6.07) is 16.7. The maximum atomic E-state index is 13.5. The van der Waals surface area contributed by atoms with Gasteiger partial charge in [-0.25, -0.2) is 14.5 Å². The highest BCUT2D eigenvalue weighted by Crippen LogP contribution is 2.24. The summed E-state index contributed by atoms with van der Waals surface area (Å²) in [5.74, 6) is 1.42. The topological polar surface area (TPSA) is 109 Å². The van der Waals surface area contributed by atoms with Gasteiger partial charge in [-0.15, -0.1) is 5.10 Å². The van der Waals surface area contributed by atoms with Gasteiger partial charge in [0.05, 0.1) is 17.4 Å². The number of amides is 1. The predicted octanol–water partition coefficient (Wildman–Crippen LogP) is 3.93. The summed E-state index contributed by atoms with van der Waals surface area (Å²) >= 11 is 1.46. The van der Waals surface area contributed by atoms with E-state index in [-0.39, 0.29) is 18.0 Å². The van der Waals surface area contributed by atoms with E-state index in [1.165, 1.54) is 11.8 Å². The van der Waals surface area contributed by atoms with Crippen LogP contribution >= 0.6 is 11.8 Å². The lowest BCUT2D eigenvalue weighted by Crippen LogP contribution is -2.32. The number of nitrogens with zero attached hydrogens (tertiary/aromatic N) is 6. The van der Waals surface area contributed by atoms with Crippen LogP contribution in [0.15, 0.2) is 64.5 Å². The molecular formula is C26H25N7O2S. The van der Waals surface area contributed by atoms with Crippen molar-refractivity contribution in [3.05, 3.63) is 93.3 Å². The van der Waals surface area contributed by atoms with E-state index in [1.54, 1.807) is 27.6 Å². The van der Waals surface area contributed by atoms with Gasteiger partial charge in [0.2, 0.25) is 5.16 Å². The first-order chi connectivity index (χ1) is 17.4. The number of carbonyl (C=O) groups excluding carboxylic acids is 1. The second-order valence-electron chi connectivity index (χ2n) is 8.44. The molecule has 0 atom stereocenters. The Morgan fingerprint density at radius 3 is 2.67 bits per heavy atom. The van der Waals surface area contributed by atoms with Crippen LogP contribution in [0, 0.1) is 13.8 Å². The van der Waals surface area contributed by atoms with Gasteiger partial charge in [0.15, 0.2) is 0 Å². The van der Waals surface area contributed by atoms with E-state index >= 15 is 0 Å². The summed E-state index contributed by atoms with van der Waals surface area (Å²) in [4.78, 5) is 44.0. The highest BCUT2D eigenvalue weighted by atomic mass is 32.2. The van der Waals surface area contributed by atoms with E-state index in [4.69, 9.17) is 0 Å². The van der Waals surface area contributed by atoms with Crippen molar-refractivity contribution < 1.29 is 4.79 Å². The zero-order valence-corrected chi connectivity index (χ0v) is 21.0. The number of rotatable bonds is 7. The highest BCUT2D eigenvalue weighted by Gasteiger charge is 2.20. The SMILES string of the molecule is CCN(Cc1nc2ccccc2c(=O)[nH]1)C(=O)c1ccccc1CSc1nc2nc(C)cc(C)n2n1. The lowest BCUT2D eigenvalue weighted by Gasteiger charge is -2.22. The Morgan fingerprint density at radius 2 is 1.83 bits per heavy atom. The zero-order chi connectivity index (χ0) is 25.2. The molecule has 0 aliphatic heterocycles. The van der Waals surface area contributed by atoms with Gasteiger partial charge < -0.3 is 9.88 Å². The molecule has 0 fully saturated rings. The number of carbonyl (C=O) groups is 1. The van der Waals surface area contributed by atoms with E-state index in [1.807, 2.05) is 57.2 Å². The summed E-state index contributed by atoms with van der Waals surface area (Å²) in [7, 11) is 0. The van der Waals surface area contributed by atoms with Crippen molar-refractivity contribution in [3.63, 3.8) is 0 Å². The Morgan fingerprint density at radius 1 is 1.06 bits per heavy atom. The molecular weight excluding hydrogens is 474 g/mol. The van der Waals surface area contributed by atoms with E-state index < -0.39 is 0 Å². The first-order valence-electron chi connectivity index (χ1n) is 11.6. The van der Waals surface area contributed by atoms with Crippen LogP contribution in [0.1, 0.15) is 40.1 Å². The summed E-state index contributed by atoms with van der Waals surface area (Å²) in [6.45, 7) is 6.48. The lowest BCUT2D eigenvalue weighted by molar-refractivity contribution is 0.0747. The number of aromatic amines is 1. The third kappa shape index (κ3) is 4.72. The minimum atomic E-state index is -0.212. The van der Waals surface area contributed by atoms with Gasteiger partial charge in [0, 0.05) is 29.2 Å². The molecule has 1 N–H and O–H groups in total. The molecule has 0 saturated carbocycles. The molecule has 5 aromatic rings. The molecule has 2 aromatic carbocycles. The van der Waals surface area contributed by atoms with Crippen LogP contribution in [0.4, 0.5) is 0 Å². The van der Waals surface area contributed by atoms with Crippen LogP contribution in [-0.2, 0) is 12.3 Å². The fraction of sp³-hybridized carbons (Fsp3) is 0.231. The van der Waals surface area contributed by atoms with Crippen LogP contribution < -0.4 is 5.56 Å². The van der Waals surface area contributed by atoms with Crippen molar-refractivity contribution in [1.82, 2.24) is 34.4 Å². The van der Waals surface area contributed by atoms with Gasteiger partial charge in [-0.05, 0) is 50.6 Å². The van der Waals surface area contributed by atoms with Crippen LogP contribution in [0.5, 0.6) is 0 Å². The number of fused-ring (bicyclic) bond motifs is 2. The lowest BCUT2D eigenvalue weighted by atomic mass is 10.1. The number of nitrogens with one attached hydrogen (secondary N) is 1. The standard InChI is InChI=1S/C26H25N7O2S/c1-4-32(14-22-28-21-12-8-7-11-20(21)23(34)29-22)24(35)19-10-6-5-9-18(19)15-36-26-30-25-27-16(2)13-17(3)33(25)31-26/h5-13H,4,14-15H2,1-3H3,(H,28,29,34). The number of aryl methyl sites for hydroxylation is 2. The average Bonchev–Trinajstić information content (AvgIpc) is 3.29. The van der Waals surface area contributed by atoms with Gasteiger partial charge in [-0.1, -0.05) is 42.1 Å². The number of benzene rings is 2. The first-order valence-corrected chi connectivity index (χ1v) is 12.6. The Balaban J connectivity index is 1.37. The molecule has 0 aliphatic carbocycles. The van der Waals surface area contributed by atoms with E-state index in [0.717, 1.165) is 17.0 Å². The van der Waals surface area contributed by atoms with Gasteiger partial charge in [0.25, 0.3) is 17.2 Å². The molecule has 0 bridgehead atoms. The molecule has 0 radical (unpaired) electrons. The van der Waals surface area contributed by atoms with Crippen molar-refractivity contribution >= 4 is 34.3 Å². The minimum absolute atomic E-state index is 0.124. The minimum Gasteiger partial charge on any atom is -0.331 e. The number of thioether (sulfide) groups is 1. The van der Waals surface area contributed by atoms with Crippen molar-refractivity contribution in [1.29, 1.82) is 0 Å². The van der Waals surface area contributed by atoms with Crippen LogP contribution in [0.2, 0.25) is 0 Å². The average molecular weight is 500 g/mol. The third-order valence-corrected chi connectivity index (χ3v) is 6.76. The molecule has 5 rings (SSSR count). The molecule has 10 heteroatoms. The zero-order valence-electron chi connectivity index (χ0n) is 20.2. The Labute approximate surface area is 211 Å². The summed E-state index contributed by atoms with van der Waals surface area (Å²) in [6.07, 6.45) is 0. The molecule has 0 saturated heterocycles. The number of para-hydroxylation sites is 1. The smallest absolute Gasteiger partial charge is 0.258 e. The second-order valence-corrected chi connectivity index (χ2v) is 9.38. The largest absolute Gasteiger partial charge is 0.331 e. The Kier molecular flexibility index (Phi) is 6.51. The molecule has 3 heterocycles. The Bertz CT molecular complexity index is 1640. The number of H-pyrrole nitrogens is 1. The van der Waals surface area contributed by atoms with Gasteiger partial charge in [-0.3, -0.25) is 9.59 Å². The van der Waals surface area contributed by atoms with Gasteiger partial charge in [0.1, 0.15) is 5.82 Å². The molecule has 36 heavy (non-hydrogen) atoms. The molecule has 182 valence electrons. The monoisotopic (exact) mass is 499 g/mol. The van der Waals surface area contributed by atoms with Crippen molar-refractivity contribution in [2.24, 2.45) is 0 Å². The normalized spacial score (nSPS) is 11.3. The molecule has 0 aliphatic rings. The van der Waals surface area contributed by atoms with Crippen molar-refractivity contribution in [2.75, 3.05) is 6.54 Å². The number of aromatic nitrogens is 6. The van der Waals surface area contributed by atoms with E-state index in [9.17, 15) is 9.59 Å². The molecule has 3 aromatic heterocycles. The maximum Gasteiger partial charge on any atom is 0.258 e. The van der Waals surface area contributed by atoms with Crippen LogP contribution in [-0.4, -0.2) is 46.9 Å². The van der Waals surface area contributed by atoms with Crippen molar-refractivity contribution in [2.45, 2.75) is 38.2 Å². The predicted molar refractivity (Wildman–Crippen MR) is 139 cm³/mol. The third-order valence-electron chi connectivity index (χ3n) is 5.87. The summed E-state index contributed by atoms with van der Waals surface area (Å²) in [5, 5.41) is 5.68. The number of hydrogen-bond donors (Lipinski definition) is 1. The maximum absolute atomic E-state index is 13.5. The van der Waals surface area contributed by atoms with E-state index in [0.29, 0.717) is 45.5 Å². The highest BCUT2D eigenvalue weighted by molar-refractivity contribution is 7.98. The Hall–Kier alpha value is -4.05. The first kappa shape index (κ1) is 23.7. The quantitative estimate of drug-likeness (QED) is 0.338. The number of hydrogen-bond acceptors (Lipinski definition) is 7. The molecule has 9 nitrogen and oxygen atoms in total. The molecule has 1 amide bonds. The summed E-state index contributed by atoms with van der Waals surface area (Å²) < 4.78 is 1.72. The fourth-order valence-corrected chi connectivity index (χ4v) is 4.92. The van der Waals surface area contributed by atoms with Gasteiger partial charge >= 0.3 is 0 Å². The molecule has 0 unspecified atom stereocenters. The molecule has 0 spiro atoms. The summed E-state index contributed by atoms with van der Waals surface area (Å²) in [5.41, 5.74) is 3.73. The van der Waals surface area contributed by atoms with Crippen LogP contribution in [0.3, 0.4) is 0 Å². The van der Waals surface area contributed by atoms with Gasteiger partial charge in [-0.2, -0.15) is 4.98 Å². The van der Waals surface area contributed by atoms with Crippen LogP contribution in [0.25, 0.3) is 16.7 Å². The van der Waals surface area contributed by atoms with E-state index in [2.05, 4.69) is 25.0 Å².